The van der Waals surface area contributed by atoms with Crippen molar-refractivity contribution >= 4 is 11.7 Å². The van der Waals surface area contributed by atoms with Crippen LogP contribution in [-0.2, 0) is 7.05 Å². The van der Waals surface area contributed by atoms with Crippen LogP contribution in [0.3, 0.4) is 0 Å². The lowest BCUT2D eigenvalue weighted by Gasteiger charge is -2.35. The van der Waals surface area contributed by atoms with E-state index >= 15 is 0 Å². The van der Waals surface area contributed by atoms with Crippen LogP contribution in [0.15, 0.2) is 12.3 Å². The number of fused-ring (bicyclic) bond motifs is 1. The summed E-state index contributed by atoms with van der Waals surface area (Å²) in [4.78, 5) is 14.6. The highest BCUT2D eigenvalue weighted by Gasteiger charge is 2.47. The molecule has 0 unspecified atom stereocenters. The summed E-state index contributed by atoms with van der Waals surface area (Å²) in [6.07, 6.45) is -2.02. The van der Waals surface area contributed by atoms with Gasteiger partial charge in [-0.15, -0.1) is 0 Å². The van der Waals surface area contributed by atoms with E-state index in [4.69, 9.17) is 0 Å². The van der Waals surface area contributed by atoms with E-state index in [2.05, 4.69) is 15.5 Å². The number of carbonyl (C=O) groups is 1. The van der Waals surface area contributed by atoms with Gasteiger partial charge < -0.3 is 10.2 Å². The number of nitrogens with zero attached hydrogens (tertiary/aromatic N) is 5. The molecule has 4 rings (SSSR count). The van der Waals surface area contributed by atoms with Crippen molar-refractivity contribution in [2.24, 2.45) is 13.0 Å². The highest BCUT2D eigenvalue weighted by molar-refractivity contribution is 5.95. The molecule has 164 valence electrons. The van der Waals surface area contributed by atoms with Gasteiger partial charge >= 0.3 is 6.18 Å². The number of anilines is 1. The second-order valence-corrected chi connectivity index (χ2v) is 8.73. The van der Waals surface area contributed by atoms with Gasteiger partial charge in [0.05, 0.1) is 17.0 Å². The molecule has 2 aliphatic heterocycles. The molecule has 1 saturated heterocycles. The minimum atomic E-state index is -4.36. The maximum Gasteiger partial charge on any atom is 0.410 e. The fourth-order valence-corrected chi connectivity index (χ4v) is 4.42. The maximum atomic E-state index is 13.7. The number of rotatable bonds is 3. The molecule has 0 bridgehead atoms. The number of amides is 1. The summed E-state index contributed by atoms with van der Waals surface area (Å²) in [6, 6.07) is -0.169. The van der Waals surface area contributed by atoms with E-state index in [1.807, 2.05) is 13.8 Å². The van der Waals surface area contributed by atoms with Gasteiger partial charge in [0.1, 0.15) is 5.82 Å². The predicted octanol–water partition coefficient (Wildman–Crippen LogP) is 3.50. The second-order valence-electron chi connectivity index (χ2n) is 8.73. The van der Waals surface area contributed by atoms with E-state index in [-0.39, 0.29) is 30.2 Å². The van der Waals surface area contributed by atoms with Crippen LogP contribution in [0.25, 0.3) is 0 Å². The van der Waals surface area contributed by atoms with Crippen LogP contribution >= 0.6 is 0 Å². The van der Waals surface area contributed by atoms with Crippen molar-refractivity contribution in [2.75, 3.05) is 18.4 Å². The number of halogens is 3. The van der Waals surface area contributed by atoms with Crippen molar-refractivity contribution < 1.29 is 18.0 Å². The molecule has 1 amide bonds. The van der Waals surface area contributed by atoms with Crippen LogP contribution in [0.5, 0.6) is 0 Å². The molecular weight excluding hydrogens is 397 g/mol. The predicted molar refractivity (Wildman–Crippen MR) is 105 cm³/mol. The minimum Gasteiger partial charge on any atom is -0.367 e. The van der Waals surface area contributed by atoms with E-state index in [0.29, 0.717) is 42.3 Å². The first-order valence-electron chi connectivity index (χ1n) is 10.3. The Morgan fingerprint density at radius 1 is 1.30 bits per heavy atom. The van der Waals surface area contributed by atoms with Crippen LogP contribution in [-0.4, -0.2) is 55.7 Å². The lowest BCUT2D eigenvalue weighted by molar-refractivity contribution is -0.174. The van der Waals surface area contributed by atoms with E-state index < -0.39 is 12.2 Å². The Balaban J connectivity index is 1.55. The summed E-state index contributed by atoms with van der Waals surface area (Å²) < 4.78 is 43.8. The zero-order chi connectivity index (χ0) is 21.8. The summed E-state index contributed by atoms with van der Waals surface area (Å²) in [6.45, 7) is 6.61. The molecule has 0 saturated carbocycles. The fourth-order valence-electron chi connectivity index (χ4n) is 4.42. The summed E-state index contributed by atoms with van der Waals surface area (Å²) in [5.41, 5.74) is 1.83. The summed E-state index contributed by atoms with van der Waals surface area (Å²) in [5.74, 6) is 0.296. The van der Waals surface area contributed by atoms with Gasteiger partial charge in [0.2, 0.25) is 0 Å². The number of alkyl halides is 3. The average Bonchev–Trinajstić information content (AvgIpc) is 3.36. The Kier molecular flexibility index (Phi) is 5.06. The second kappa shape index (κ2) is 7.31. The lowest BCUT2D eigenvalue weighted by Crippen LogP contribution is -2.41. The quantitative estimate of drug-likeness (QED) is 0.819. The Bertz CT molecular complexity index is 947. The Morgan fingerprint density at radius 3 is 2.63 bits per heavy atom. The summed E-state index contributed by atoms with van der Waals surface area (Å²) in [5, 5.41) is 11.8. The molecule has 0 aromatic carbocycles. The highest BCUT2D eigenvalue weighted by Crippen LogP contribution is 2.42. The molecular formula is C20H27F3N6O. The van der Waals surface area contributed by atoms with Gasteiger partial charge in [-0.25, -0.2) is 4.68 Å². The molecule has 1 N–H and O–H groups in total. The first-order valence-corrected chi connectivity index (χ1v) is 10.3. The minimum absolute atomic E-state index is 0.0369. The number of nitrogens with one attached hydrogen (secondary N) is 1. The molecule has 10 heteroatoms. The van der Waals surface area contributed by atoms with Crippen LogP contribution in [0.2, 0.25) is 0 Å². The molecule has 3 atom stereocenters. The van der Waals surface area contributed by atoms with Gasteiger partial charge in [-0.3, -0.25) is 9.48 Å². The smallest absolute Gasteiger partial charge is 0.367 e. The van der Waals surface area contributed by atoms with Crippen molar-refractivity contribution in [2.45, 2.75) is 57.8 Å². The molecule has 1 fully saturated rings. The van der Waals surface area contributed by atoms with Gasteiger partial charge in [-0.2, -0.15) is 23.4 Å². The first-order chi connectivity index (χ1) is 14.0. The third kappa shape index (κ3) is 3.67. The van der Waals surface area contributed by atoms with Crippen molar-refractivity contribution in [1.82, 2.24) is 24.5 Å². The van der Waals surface area contributed by atoms with Gasteiger partial charge in [-0.05, 0) is 25.7 Å². The molecule has 2 aromatic heterocycles. The average molecular weight is 424 g/mol. The highest BCUT2D eigenvalue weighted by atomic mass is 19.4. The summed E-state index contributed by atoms with van der Waals surface area (Å²) >= 11 is 0. The first kappa shape index (κ1) is 20.7. The van der Waals surface area contributed by atoms with E-state index in [9.17, 15) is 18.0 Å². The maximum absolute atomic E-state index is 13.7. The number of hydrogen-bond acceptors (Lipinski definition) is 4. The fraction of sp³-hybridized carbons (Fsp3) is 0.650. The van der Waals surface area contributed by atoms with Crippen molar-refractivity contribution in [3.63, 3.8) is 0 Å². The zero-order valence-corrected chi connectivity index (χ0v) is 17.6. The molecule has 4 heterocycles. The lowest BCUT2D eigenvalue weighted by atomic mass is 9.94. The standard InChI is InChI=1S/C20H27F3N6O/c1-11(2)15-7-17(20(21,22)23)29-18(24-15)8-16(26-29)13-5-6-28(9-13)19(30)14-10-27(4)25-12(14)3/h8,10-11,13,15,17,24H,5-7,9H2,1-4H3/t13-,15-,17+/m0/s1. The number of hydrogen-bond donors (Lipinski definition) is 1. The van der Waals surface area contributed by atoms with Crippen LogP contribution in [0.1, 0.15) is 60.4 Å². The van der Waals surface area contributed by atoms with Gasteiger partial charge in [0, 0.05) is 44.4 Å². The number of carbonyl (C=O) groups excluding carboxylic acids is 1. The van der Waals surface area contributed by atoms with Crippen LogP contribution in [0, 0.1) is 12.8 Å². The van der Waals surface area contributed by atoms with E-state index in [1.54, 1.807) is 35.8 Å². The van der Waals surface area contributed by atoms with Gasteiger partial charge in [0.15, 0.2) is 6.04 Å². The van der Waals surface area contributed by atoms with E-state index in [1.165, 1.54) is 0 Å². The Hall–Kier alpha value is -2.52. The van der Waals surface area contributed by atoms with Gasteiger partial charge in [0.25, 0.3) is 5.91 Å². The molecule has 0 aliphatic carbocycles. The van der Waals surface area contributed by atoms with Crippen molar-refractivity contribution in [3.8, 4) is 0 Å². The molecule has 30 heavy (non-hydrogen) atoms. The number of aromatic nitrogens is 4. The van der Waals surface area contributed by atoms with E-state index in [0.717, 1.165) is 4.68 Å². The van der Waals surface area contributed by atoms with Crippen LogP contribution in [0.4, 0.5) is 19.0 Å². The molecule has 7 nitrogen and oxygen atoms in total. The number of likely N-dealkylation sites (tertiary alicyclic amines) is 1. The van der Waals surface area contributed by atoms with Crippen molar-refractivity contribution in [3.05, 3.63) is 29.2 Å². The number of aryl methyl sites for hydroxylation is 2. The largest absolute Gasteiger partial charge is 0.410 e. The molecule has 0 radical (unpaired) electrons. The molecule has 2 aliphatic rings. The summed E-state index contributed by atoms with van der Waals surface area (Å²) in [7, 11) is 1.76. The normalized spacial score (nSPS) is 24.3. The third-order valence-corrected chi connectivity index (χ3v) is 6.18. The van der Waals surface area contributed by atoms with Crippen LogP contribution < -0.4 is 5.32 Å². The Morgan fingerprint density at radius 2 is 2.03 bits per heavy atom. The third-order valence-electron chi connectivity index (χ3n) is 6.18. The van der Waals surface area contributed by atoms with Gasteiger partial charge in [-0.1, -0.05) is 13.8 Å². The monoisotopic (exact) mass is 424 g/mol. The van der Waals surface area contributed by atoms with Crippen molar-refractivity contribution in [1.29, 1.82) is 0 Å². The zero-order valence-electron chi connectivity index (χ0n) is 17.6. The molecule has 2 aromatic rings. The molecule has 0 spiro atoms. The Labute approximate surface area is 173 Å². The SMILES string of the molecule is Cc1nn(C)cc1C(=O)N1CC[C@H](c2cc3n(n2)[C@@H](C(F)(F)F)C[C@@H](C(C)C)N3)C1. The topological polar surface area (TPSA) is 68.0 Å².